The maximum absolute atomic E-state index is 12.7. The topological polar surface area (TPSA) is 81.9 Å². The third kappa shape index (κ3) is 2.54. The Kier molecular flexibility index (Phi) is 4.04. The number of hydrogen-bond donors (Lipinski definition) is 1. The highest BCUT2D eigenvalue weighted by atomic mass is 79.9. The molecule has 0 spiro atoms. The minimum absolute atomic E-state index is 0.302. The third-order valence-corrected chi connectivity index (χ3v) is 5.96. The van der Waals surface area contributed by atoms with Gasteiger partial charge in [-0.2, -0.15) is 4.68 Å². The van der Waals surface area contributed by atoms with Crippen molar-refractivity contribution in [3.05, 3.63) is 44.9 Å². The van der Waals surface area contributed by atoms with Crippen LogP contribution in [0.4, 0.5) is 5.95 Å². The number of benzene rings is 1. The van der Waals surface area contributed by atoms with Crippen LogP contribution in [-0.4, -0.2) is 32.8 Å². The van der Waals surface area contributed by atoms with E-state index in [0.29, 0.717) is 23.8 Å². The normalized spacial score (nSPS) is 16.7. The van der Waals surface area contributed by atoms with Crippen LogP contribution in [0.2, 0.25) is 0 Å². The van der Waals surface area contributed by atoms with Crippen molar-refractivity contribution in [1.29, 1.82) is 0 Å². The molecule has 3 heterocycles. The Hall–Kier alpha value is -2.26. The first-order valence-corrected chi connectivity index (χ1v) is 9.32. The average molecular weight is 420 g/mol. The number of aromatic nitrogens is 4. The van der Waals surface area contributed by atoms with Crippen molar-refractivity contribution in [2.45, 2.75) is 19.9 Å². The van der Waals surface area contributed by atoms with E-state index in [4.69, 9.17) is 4.74 Å². The molecule has 1 aliphatic heterocycles. The van der Waals surface area contributed by atoms with Gasteiger partial charge >= 0.3 is 5.97 Å². The van der Waals surface area contributed by atoms with Gasteiger partial charge in [-0.1, -0.05) is 23.3 Å². The average Bonchev–Trinajstić information content (AvgIpc) is 3.16. The van der Waals surface area contributed by atoms with Crippen LogP contribution in [0.25, 0.3) is 10.1 Å². The van der Waals surface area contributed by atoms with E-state index in [9.17, 15) is 4.79 Å². The lowest BCUT2D eigenvalue weighted by Gasteiger charge is -2.27. The summed E-state index contributed by atoms with van der Waals surface area (Å²) in [5, 5.41) is 16.0. The fourth-order valence-corrected chi connectivity index (χ4v) is 4.96. The highest BCUT2D eigenvalue weighted by Gasteiger charge is 2.37. The molecule has 2 aromatic heterocycles. The molecule has 1 aliphatic rings. The molecule has 0 saturated carbocycles. The summed E-state index contributed by atoms with van der Waals surface area (Å²) in [7, 11) is 0. The van der Waals surface area contributed by atoms with Gasteiger partial charge in [-0.3, -0.25) is 0 Å². The summed E-state index contributed by atoms with van der Waals surface area (Å²) in [5.74, 6) is 0.124. The predicted molar refractivity (Wildman–Crippen MR) is 98.4 cm³/mol. The van der Waals surface area contributed by atoms with Crippen LogP contribution >= 0.6 is 27.3 Å². The molecule has 0 radical (unpaired) electrons. The number of carbonyl (C=O) groups is 1. The van der Waals surface area contributed by atoms with E-state index in [1.807, 2.05) is 25.1 Å². The minimum Gasteiger partial charge on any atom is -0.463 e. The van der Waals surface area contributed by atoms with Crippen LogP contribution in [0.15, 0.2) is 39.3 Å². The lowest BCUT2D eigenvalue weighted by molar-refractivity contribution is -0.139. The number of esters is 1. The van der Waals surface area contributed by atoms with Crippen LogP contribution in [0.3, 0.4) is 0 Å². The van der Waals surface area contributed by atoms with E-state index in [1.54, 1.807) is 22.9 Å². The second kappa shape index (κ2) is 6.23. The molecule has 7 nitrogen and oxygen atoms in total. The number of rotatable bonds is 3. The first-order chi connectivity index (χ1) is 12.1. The molecule has 1 unspecified atom stereocenters. The van der Waals surface area contributed by atoms with Gasteiger partial charge in [0.15, 0.2) is 0 Å². The molecular formula is C16H14BrN5O2S. The quantitative estimate of drug-likeness (QED) is 0.654. The zero-order valence-electron chi connectivity index (χ0n) is 13.5. The molecule has 25 heavy (non-hydrogen) atoms. The number of thiophene rings is 1. The summed E-state index contributed by atoms with van der Waals surface area (Å²) in [6.07, 6.45) is 0. The minimum atomic E-state index is -0.462. The van der Waals surface area contributed by atoms with Crippen LogP contribution in [0, 0.1) is 0 Å². The number of halogens is 1. The molecule has 0 amide bonds. The zero-order chi connectivity index (χ0) is 17.6. The third-order valence-electron chi connectivity index (χ3n) is 4.07. The molecule has 0 aliphatic carbocycles. The predicted octanol–water partition coefficient (Wildman–Crippen LogP) is 3.50. The lowest BCUT2D eigenvalue weighted by Crippen LogP contribution is -2.29. The highest BCUT2D eigenvalue weighted by Crippen LogP contribution is 2.45. The molecule has 0 bridgehead atoms. The molecule has 1 atom stereocenters. The summed E-state index contributed by atoms with van der Waals surface area (Å²) >= 11 is 5.28. The van der Waals surface area contributed by atoms with Gasteiger partial charge in [0.2, 0.25) is 5.95 Å². The number of allylic oxidation sites excluding steroid dienone is 1. The van der Waals surface area contributed by atoms with Gasteiger partial charge in [0, 0.05) is 16.0 Å². The van der Waals surface area contributed by atoms with Crippen LogP contribution < -0.4 is 5.32 Å². The van der Waals surface area contributed by atoms with E-state index >= 15 is 0 Å². The number of fused-ring (bicyclic) bond motifs is 2. The van der Waals surface area contributed by atoms with E-state index in [0.717, 1.165) is 19.4 Å². The van der Waals surface area contributed by atoms with Gasteiger partial charge in [0.25, 0.3) is 0 Å². The molecule has 1 aromatic carbocycles. The second-order valence-corrected chi connectivity index (χ2v) is 7.89. The van der Waals surface area contributed by atoms with Crippen LogP contribution in [0.1, 0.15) is 25.5 Å². The molecular weight excluding hydrogens is 406 g/mol. The van der Waals surface area contributed by atoms with Crippen molar-refractivity contribution in [2.75, 3.05) is 11.9 Å². The fourth-order valence-electron chi connectivity index (χ4n) is 3.04. The first kappa shape index (κ1) is 16.2. The summed E-state index contributed by atoms with van der Waals surface area (Å²) in [5.41, 5.74) is 2.15. The summed E-state index contributed by atoms with van der Waals surface area (Å²) in [4.78, 5) is 12.7. The lowest BCUT2D eigenvalue weighted by atomic mass is 9.95. The Balaban J connectivity index is 1.99. The van der Waals surface area contributed by atoms with Gasteiger partial charge in [-0.25, -0.2) is 4.79 Å². The SMILES string of the molecule is CCOC(=O)C1=C(C)Nc2nnnn2C1c1c(Br)sc2ccccc12. The molecule has 3 aromatic rings. The Morgan fingerprint density at radius 1 is 1.44 bits per heavy atom. The number of hydrogen-bond acceptors (Lipinski definition) is 7. The Morgan fingerprint density at radius 3 is 3.04 bits per heavy atom. The molecule has 0 saturated heterocycles. The second-order valence-electron chi connectivity index (χ2n) is 5.52. The number of nitrogens with zero attached hydrogens (tertiary/aromatic N) is 4. The Morgan fingerprint density at radius 2 is 2.24 bits per heavy atom. The number of carbonyl (C=O) groups excluding carboxylic acids is 1. The van der Waals surface area contributed by atoms with Crippen molar-refractivity contribution in [1.82, 2.24) is 20.2 Å². The molecule has 4 rings (SSSR count). The highest BCUT2D eigenvalue weighted by molar-refractivity contribution is 9.11. The zero-order valence-corrected chi connectivity index (χ0v) is 15.9. The summed E-state index contributed by atoms with van der Waals surface area (Å²) in [6.45, 7) is 3.92. The van der Waals surface area contributed by atoms with Crippen LogP contribution in [0.5, 0.6) is 0 Å². The Bertz CT molecular complexity index is 1010. The summed E-state index contributed by atoms with van der Waals surface area (Å²) in [6, 6.07) is 7.60. The van der Waals surface area contributed by atoms with Crippen molar-refractivity contribution in [3.63, 3.8) is 0 Å². The number of anilines is 1. The van der Waals surface area contributed by atoms with Gasteiger partial charge in [0.05, 0.1) is 16.0 Å². The number of nitrogens with one attached hydrogen (secondary N) is 1. The van der Waals surface area contributed by atoms with Gasteiger partial charge in [0.1, 0.15) is 6.04 Å². The van der Waals surface area contributed by atoms with Crippen molar-refractivity contribution < 1.29 is 9.53 Å². The van der Waals surface area contributed by atoms with E-state index < -0.39 is 6.04 Å². The standard InChI is InChI=1S/C16H14BrN5O2S/c1-3-24-15(23)11-8(2)18-16-19-20-21-22(16)13(11)12-9-6-4-5-7-10(9)25-14(12)17/h4-7,13H,3H2,1-2H3,(H,18,19,21). The molecule has 1 N–H and O–H groups in total. The van der Waals surface area contributed by atoms with Gasteiger partial charge in [-0.05, 0) is 51.7 Å². The van der Waals surface area contributed by atoms with Crippen molar-refractivity contribution >= 4 is 49.3 Å². The van der Waals surface area contributed by atoms with Crippen LogP contribution in [-0.2, 0) is 9.53 Å². The maximum Gasteiger partial charge on any atom is 0.338 e. The molecule has 9 heteroatoms. The first-order valence-electron chi connectivity index (χ1n) is 7.71. The van der Waals surface area contributed by atoms with E-state index in [-0.39, 0.29) is 5.97 Å². The van der Waals surface area contributed by atoms with Gasteiger partial charge in [-0.15, -0.1) is 11.3 Å². The van der Waals surface area contributed by atoms with E-state index in [2.05, 4.69) is 42.8 Å². The summed E-state index contributed by atoms with van der Waals surface area (Å²) < 4.78 is 8.98. The largest absolute Gasteiger partial charge is 0.463 e. The van der Waals surface area contributed by atoms with E-state index in [1.165, 1.54) is 0 Å². The Labute approximate surface area is 155 Å². The molecule has 128 valence electrons. The monoisotopic (exact) mass is 419 g/mol. The maximum atomic E-state index is 12.7. The number of tetrazole rings is 1. The number of ether oxygens (including phenoxy) is 1. The van der Waals surface area contributed by atoms with Crippen molar-refractivity contribution in [2.24, 2.45) is 0 Å². The molecule has 0 fully saturated rings. The van der Waals surface area contributed by atoms with Gasteiger partial charge < -0.3 is 10.1 Å². The smallest absolute Gasteiger partial charge is 0.338 e. The fraction of sp³-hybridized carbons (Fsp3) is 0.250. The van der Waals surface area contributed by atoms with Crippen molar-refractivity contribution in [3.8, 4) is 0 Å².